The Morgan fingerprint density at radius 1 is 1.29 bits per heavy atom. The van der Waals surface area contributed by atoms with Crippen molar-refractivity contribution in [2.45, 2.75) is 31.3 Å². The third-order valence-corrected chi connectivity index (χ3v) is 3.47. The molecule has 96 valence electrons. The highest BCUT2D eigenvalue weighted by molar-refractivity contribution is 7.99. The molecule has 1 aromatic carbocycles. The van der Waals surface area contributed by atoms with E-state index in [1.165, 1.54) is 6.07 Å². The molecule has 0 aliphatic rings. The molecule has 0 aliphatic carbocycles. The Kier molecular flexibility index (Phi) is 4.89. The standard InChI is InChI=1S/C12H16F3NS/c1-8(2)17-7-11(16)9-4-3-5-10(6-9)12(13,14)15/h3-6,8,11H,7,16H2,1-2H3. The largest absolute Gasteiger partial charge is 0.416 e. The summed E-state index contributed by atoms with van der Waals surface area (Å²) >= 11 is 1.64. The van der Waals surface area contributed by atoms with Gasteiger partial charge in [0.05, 0.1) is 5.56 Å². The van der Waals surface area contributed by atoms with Gasteiger partial charge in [-0.1, -0.05) is 26.0 Å². The molecule has 0 heterocycles. The molecule has 1 aromatic rings. The summed E-state index contributed by atoms with van der Waals surface area (Å²) in [5.74, 6) is 0.624. The van der Waals surface area contributed by atoms with Crippen molar-refractivity contribution >= 4 is 11.8 Å². The van der Waals surface area contributed by atoms with E-state index in [1.807, 2.05) is 13.8 Å². The van der Waals surface area contributed by atoms with E-state index in [0.29, 0.717) is 16.6 Å². The van der Waals surface area contributed by atoms with E-state index < -0.39 is 11.7 Å². The van der Waals surface area contributed by atoms with Crippen molar-refractivity contribution < 1.29 is 13.2 Å². The molecule has 1 atom stereocenters. The Balaban J connectivity index is 2.77. The number of alkyl halides is 3. The zero-order valence-electron chi connectivity index (χ0n) is 9.79. The van der Waals surface area contributed by atoms with Gasteiger partial charge in [-0.3, -0.25) is 0 Å². The van der Waals surface area contributed by atoms with Gasteiger partial charge < -0.3 is 5.73 Å². The average Bonchev–Trinajstić information content (AvgIpc) is 2.25. The van der Waals surface area contributed by atoms with Crippen LogP contribution in [0.5, 0.6) is 0 Å². The van der Waals surface area contributed by atoms with E-state index in [9.17, 15) is 13.2 Å². The molecule has 2 N–H and O–H groups in total. The molecule has 0 amide bonds. The highest BCUT2D eigenvalue weighted by Gasteiger charge is 2.30. The molecule has 0 saturated heterocycles. The van der Waals surface area contributed by atoms with Crippen molar-refractivity contribution in [1.82, 2.24) is 0 Å². The summed E-state index contributed by atoms with van der Waals surface area (Å²) in [6.45, 7) is 4.06. The zero-order valence-corrected chi connectivity index (χ0v) is 10.6. The molecule has 0 aliphatic heterocycles. The monoisotopic (exact) mass is 263 g/mol. The Labute approximate surface area is 104 Å². The predicted octanol–water partition coefficient (Wildman–Crippen LogP) is 3.85. The topological polar surface area (TPSA) is 26.0 Å². The Morgan fingerprint density at radius 2 is 1.94 bits per heavy atom. The molecule has 0 radical (unpaired) electrons. The Morgan fingerprint density at radius 3 is 2.47 bits per heavy atom. The van der Waals surface area contributed by atoms with E-state index in [2.05, 4.69) is 0 Å². The smallest absolute Gasteiger partial charge is 0.323 e. The van der Waals surface area contributed by atoms with Gasteiger partial charge in [0, 0.05) is 11.8 Å². The van der Waals surface area contributed by atoms with Crippen LogP contribution in [0, 0.1) is 0 Å². The molecule has 1 rings (SSSR count). The molecular weight excluding hydrogens is 247 g/mol. The van der Waals surface area contributed by atoms with Gasteiger partial charge >= 0.3 is 6.18 Å². The van der Waals surface area contributed by atoms with Crippen LogP contribution < -0.4 is 5.73 Å². The van der Waals surface area contributed by atoms with Gasteiger partial charge in [-0.2, -0.15) is 24.9 Å². The number of hydrogen-bond acceptors (Lipinski definition) is 2. The third-order valence-electron chi connectivity index (χ3n) is 2.25. The molecule has 5 heteroatoms. The van der Waals surface area contributed by atoms with Crippen molar-refractivity contribution in [2.75, 3.05) is 5.75 Å². The first-order chi connectivity index (χ1) is 7.80. The van der Waals surface area contributed by atoms with E-state index in [0.717, 1.165) is 12.1 Å². The maximum absolute atomic E-state index is 12.5. The van der Waals surface area contributed by atoms with Crippen LogP contribution in [0.1, 0.15) is 31.0 Å². The summed E-state index contributed by atoms with van der Waals surface area (Å²) in [4.78, 5) is 0. The van der Waals surface area contributed by atoms with Crippen LogP contribution in [0.25, 0.3) is 0 Å². The lowest BCUT2D eigenvalue weighted by molar-refractivity contribution is -0.137. The molecule has 0 aromatic heterocycles. The van der Waals surface area contributed by atoms with Gasteiger partial charge in [0.15, 0.2) is 0 Å². The second kappa shape index (κ2) is 5.78. The molecule has 0 saturated carbocycles. The van der Waals surface area contributed by atoms with Crippen LogP contribution in [0.15, 0.2) is 24.3 Å². The molecule has 1 nitrogen and oxygen atoms in total. The lowest BCUT2D eigenvalue weighted by Crippen LogP contribution is -2.15. The van der Waals surface area contributed by atoms with Crippen molar-refractivity contribution in [3.05, 3.63) is 35.4 Å². The third kappa shape index (κ3) is 4.60. The molecule has 1 unspecified atom stereocenters. The number of nitrogens with two attached hydrogens (primary N) is 1. The van der Waals surface area contributed by atoms with E-state index in [-0.39, 0.29) is 6.04 Å². The Bertz CT molecular complexity index is 363. The highest BCUT2D eigenvalue weighted by Crippen LogP contribution is 2.31. The number of thioether (sulfide) groups is 1. The highest BCUT2D eigenvalue weighted by atomic mass is 32.2. The maximum atomic E-state index is 12.5. The summed E-state index contributed by atoms with van der Waals surface area (Å²) < 4.78 is 37.5. The summed E-state index contributed by atoms with van der Waals surface area (Å²) in [7, 11) is 0. The van der Waals surface area contributed by atoms with E-state index in [4.69, 9.17) is 5.73 Å². The first-order valence-electron chi connectivity index (χ1n) is 5.35. The Hall–Kier alpha value is -0.680. The van der Waals surface area contributed by atoms with Crippen LogP contribution in [-0.2, 0) is 6.18 Å². The number of halogens is 3. The number of rotatable bonds is 4. The van der Waals surface area contributed by atoms with Gasteiger partial charge in [-0.15, -0.1) is 0 Å². The quantitative estimate of drug-likeness (QED) is 0.893. The number of hydrogen-bond donors (Lipinski definition) is 1. The second-order valence-corrected chi connectivity index (χ2v) is 5.72. The molecule has 17 heavy (non-hydrogen) atoms. The lowest BCUT2D eigenvalue weighted by Gasteiger charge is -2.15. The summed E-state index contributed by atoms with van der Waals surface area (Å²) in [6.07, 6.45) is -4.30. The molecule has 0 fully saturated rings. The van der Waals surface area contributed by atoms with Gasteiger partial charge in [-0.25, -0.2) is 0 Å². The van der Waals surface area contributed by atoms with Crippen LogP contribution in [0.4, 0.5) is 13.2 Å². The van der Waals surface area contributed by atoms with Crippen LogP contribution in [0.2, 0.25) is 0 Å². The summed E-state index contributed by atoms with van der Waals surface area (Å²) in [5.41, 5.74) is 5.76. The van der Waals surface area contributed by atoms with E-state index in [1.54, 1.807) is 17.8 Å². The van der Waals surface area contributed by atoms with Crippen LogP contribution in [0.3, 0.4) is 0 Å². The lowest BCUT2D eigenvalue weighted by atomic mass is 10.1. The van der Waals surface area contributed by atoms with Crippen LogP contribution >= 0.6 is 11.8 Å². The SMILES string of the molecule is CC(C)SCC(N)c1cccc(C(F)(F)F)c1. The zero-order chi connectivity index (χ0) is 13.1. The van der Waals surface area contributed by atoms with Crippen LogP contribution in [-0.4, -0.2) is 11.0 Å². The minimum Gasteiger partial charge on any atom is -0.323 e. The predicted molar refractivity (Wildman–Crippen MR) is 66.0 cm³/mol. The fourth-order valence-electron chi connectivity index (χ4n) is 1.34. The molecular formula is C12H16F3NS. The fourth-order valence-corrected chi connectivity index (χ4v) is 2.12. The van der Waals surface area contributed by atoms with Crippen molar-refractivity contribution in [2.24, 2.45) is 5.73 Å². The first-order valence-corrected chi connectivity index (χ1v) is 6.40. The normalized spacial score (nSPS) is 14.1. The molecule has 0 bridgehead atoms. The van der Waals surface area contributed by atoms with Crippen molar-refractivity contribution in [3.8, 4) is 0 Å². The first kappa shape index (κ1) is 14.4. The van der Waals surface area contributed by atoms with Gasteiger partial charge in [0.25, 0.3) is 0 Å². The fraction of sp³-hybridized carbons (Fsp3) is 0.500. The van der Waals surface area contributed by atoms with Gasteiger partial charge in [-0.05, 0) is 22.9 Å². The minimum absolute atomic E-state index is 0.357. The molecule has 0 spiro atoms. The van der Waals surface area contributed by atoms with Crippen molar-refractivity contribution in [1.29, 1.82) is 0 Å². The van der Waals surface area contributed by atoms with E-state index >= 15 is 0 Å². The van der Waals surface area contributed by atoms with Gasteiger partial charge in [0.2, 0.25) is 0 Å². The van der Waals surface area contributed by atoms with Crippen molar-refractivity contribution in [3.63, 3.8) is 0 Å². The average molecular weight is 263 g/mol. The second-order valence-electron chi connectivity index (χ2n) is 4.11. The van der Waals surface area contributed by atoms with Gasteiger partial charge in [0.1, 0.15) is 0 Å². The minimum atomic E-state index is -4.30. The summed E-state index contributed by atoms with van der Waals surface area (Å²) in [6, 6.07) is 4.88. The summed E-state index contributed by atoms with van der Waals surface area (Å²) in [5, 5.41) is 0.423. The number of benzene rings is 1. The maximum Gasteiger partial charge on any atom is 0.416 e.